The van der Waals surface area contributed by atoms with Crippen LogP contribution in [0.4, 0.5) is 0 Å². The van der Waals surface area contributed by atoms with Crippen molar-refractivity contribution in [2.24, 2.45) is 0 Å². The highest BCUT2D eigenvalue weighted by Crippen LogP contribution is 2.49. The van der Waals surface area contributed by atoms with E-state index in [0.717, 1.165) is 0 Å². The van der Waals surface area contributed by atoms with E-state index in [2.05, 4.69) is 74.0 Å². The molecule has 0 N–H and O–H groups in total. The summed E-state index contributed by atoms with van der Waals surface area (Å²) in [7, 11) is -0.960. The first-order valence-electron chi connectivity index (χ1n) is 6.11. The molecule has 0 saturated carbocycles. The average molecular weight is 243 g/mol. The zero-order valence-electron chi connectivity index (χ0n) is 10.6. The largest absolute Gasteiger partial charge is 0.0933 e. The Morgan fingerprint density at radius 3 is 1.88 bits per heavy atom. The van der Waals surface area contributed by atoms with E-state index >= 15 is 0 Å². The van der Waals surface area contributed by atoms with Gasteiger partial charge < -0.3 is 0 Å². The molecule has 0 radical (unpaired) electrons. The molecule has 0 nitrogen and oxygen atoms in total. The maximum atomic E-state index is 2.44. The first kappa shape index (κ1) is 12.3. The predicted molar refractivity (Wildman–Crippen MR) is 79.9 cm³/mol. The molecule has 0 aliphatic heterocycles. The number of hydrogen-bond acceptors (Lipinski definition) is 0. The van der Waals surface area contributed by atoms with E-state index in [1.165, 1.54) is 23.5 Å². The van der Waals surface area contributed by atoms with Crippen molar-refractivity contribution in [1.29, 1.82) is 0 Å². The minimum absolute atomic E-state index is 0.960. The van der Waals surface area contributed by atoms with E-state index in [0.29, 0.717) is 0 Å². The Labute approximate surface area is 105 Å². The third-order valence-electron chi connectivity index (χ3n) is 3.26. The Balaban J connectivity index is 2.03. The molecule has 88 valence electrons. The molecule has 2 aromatic rings. The van der Waals surface area contributed by atoms with Gasteiger partial charge >= 0.3 is 0 Å². The summed E-state index contributed by atoms with van der Waals surface area (Å²) in [5, 5.41) is 1.54. The fourth-order valence-corrected chi connectivity index (χ4v) is 4.07. The van der Waals surface area contributed by atoms with Crippen molar-refractivity contribution in [3.8, 4) is 0 Å². The van der Waals surface area contributed by atoms with Crippen LogP contribution in [-0.2, 0) is 6.42 Å². The Kier molecular flexibility index (Phi) is 3.97. The summed E-state index contributed by atoms with van der Waals surface area (Å²) in [6.45, 7) is 4.87. The van der Waals surface area contributed by atoms with E-state index in [4.69, 9.17) is 0 Å². The number of hydrogen-bond donors (Lipinski definition) is 0. The summed E-state index contributed by atoms with van der Waals surface area (Å²) in [4.78, 5) is 0. The van der Waals surface area contributed by atoms with Crippen LogP contribution in [0.3, 0.4) is 0 Å². The van der Waals surface area contributed by atoms with Gasteiger partial charge in [0.15, 0.2) is 0 Å². The quantitative estimate of drug-likeness (QED) is 0.716. The molecule has 0 aliphatic carbocycles. The molecule has 0 fully saturated rings. The van der Waals surface area contributed by atoms with Gasteiger partial charge in [-0.1, -0.05) is 48.5 Å². The predicted octanol–water partition coefficient (Wildman–Crippen LogP) is 3.83. The van der Waals surface area contributed by atoms with Crippen molar-refractivity contribution >= 4 is 12.6 Å². The standard InChI is InChI=1S/C16H20P/c1-17(2,16-11-7-4-8-12-16)14-13-15-9-5-3-6-10-15/h3-12H,13-14H2,1-2H3/q+1. The van der Waals surface area contributed by atoms with Crippen LogP contribution in [-0.4, -0.2) is 19.5 Å². The topological polar surface area (TPSA) is 0 Å². The average Bonchev–Trinajstić information content (AvgIpc) is 2.39. The molecule has 2 aromatic carbocycles. The fourth-order valence-electron chi connectivity index (χ4n) is 2.01. The van der Waals surface area contributed by atoms with E-state index in [-0.39, 0.29) is 0 Å². The zero-order valence-corrected chi connectivity index (χ0v) is 11.5. The van der Waals surface area contributed by atoms with Gasteiger partial charge in [-0.3, -0.25) is 0 Å². The van der Waals surface area contributed by atoms with E-state index < -0.39 is 7.26 Å². The number of benzene rings is 2. The van der Waals surface area contributed by atoms with Crippen molar-refractivity contribution in [3.63, 3.8) is 0 Å². The van der Waals surface area contributed by atoms with Crippen molar-refractivity contribution in [2.45, 2.75) is 6.42 Å². The van der Waals surface area contributed by atoms with E-state index in [1.54, 1.807) is 0 Å². The molecular weight excluding hydrogens is 223 g/mol. The molecule has 0 atom stereocenters. The second-order valence-corrected chi connectivity index (χ2v) is 9.31. The summed E-state index contributed by atoms with van der Waals surface area (Å²) in [6.07, 6.45) is 2.48. The lowest BCUT2D eigenvalue weighted by Crippen LogP contribution is -2.13. The van der Waals surface area contributed by atoms with Crippen LogP contribution in [0.25, 0.3) is 0 Å². The van der Waals surface area contributed by atoms with Gasteiger partial charge in [-0.25, -0.2) is 0 Å². The second-order valence-electron chi connectivity index (χ2n) is 4.98. The van der Waals surface area contributed by atoms with Gasteiger partial charge in [0.25, 0.3) is 0 Å². The monoisotopic (exact) mass is 243 g/mol. The maximum Gasteiger partial charge on any atom is 0.0933 e. The molecule has 1 heteroatoms. The smallest absolute Gasteiger partial charge is 0.0622 e. The van der Waals surface area contributed by atoms with Gasteiger partial charge in [0.05, 0.1) is 24.8 Å². The minimum Gasteiger partial charge on any atom is -0.0622 e. The van der Waals surface area contributed by atoms with E-state index in [9.17, 15) is 0 Å². The molecule has 2 rings (SSSR count). The molecule has 0 saturated heterocycles. The van der Waals surface area contributed by atoms with Crippen molar-refractivity contribution in [1.82, 2.24) is 0 Å². The van der Waals surface area contributed by atoms with Gasteiger partial charge in [-0.15, -0.1) is 0 Å². The van der Waals surface area contributed by atoms with Gasteiger partial charge in [0, 0.05) is 13.7 Å². The molecule has 0 amide bonds. The van der Waals surface area contributed by atoms with Crippen LogP contribution in [0.1, 0.15) is 5.56 Å². The Hall–Kier alpha value is -1.13. The fraction of sp³-hybridized carbons (Fsp3) is 0.250. The van der Waals surface area contributed by atoms with Crippen LogP contribution in [0.15, 0.2) is 60.7 Å². The highest BCUT2D eigenvalue weighted by Gasteiger charge is 2.27. The summed E-state index contributed by atoms with van der Waals surface area (Å²) >= 11 is 0. The highest BCUT2D eigenvalue weighted by atomic mass is 31.2. The summed E-state index contributed by atoms with van der Waals surface area (Å²) in [6, 6.07) is 21.8. The Morgan fingerprint density at radius 1 is 0.765 bits per heavy atom. The van der Waals surface area contributed by atoms with Crippen molar-refractivity contribution in [2.75, 3.05) is 19.5 Å². The number of aryl methyl sites for hydroxylation is 1. The van der Waals surface area contributed by atoms with Gasteiger partial charge in [-0.2, -0.15) is 0 Å². The third kappa shape index (κ3) is 3.41. The van der Waals surface area contributed by atoms with E-state index in [1.807, 2.05) is 0 Å². The zero-order chi connectivity index (χ0) is 12.1. The normalized spacial score (nSPS) is 11.4. The molecule has 0 aromatic heterocycles. The summed E-state index contributed by atoms with van der Waals surface area (Å²) in [5.74, 6) is 0. The maximum absolute atomic E-state index is 2.44. The molecule has 0 heterocycles. The lowest BCUT2D eigenvalue weighted by atomic mass is 10.2. The van der Waals surface area contributed by atoms with Crippen LogP contribution >= 0.6 is 7.26 Å². The summed E-state index contributed by atoms with van der Waals surface area (Å²) in [5.41, 5.74) is 1.46. The van der Waals surface area contributed by atoms with Crippen LogP contribution in [0.2, 0.25) is 0 Å². The highest BCUT2D eigenvalue weighted by molar-refractivity contribution is 7.81. The molecule has 0 spiro atoms. The lowest BCUT2D eigenvalue weighted by Gasteiger charge is -2.17. The van der Waals surface area contributed by atoms with Crippen LogP contribution in [0.5, 0.6) is 0 Å². The molecular formula is C16H20P+. The molecule has 0 unspecified atom stereocenters. The Morgan fingerprint density at radius 2 is 1.29 bits per heavy atom. The first-order chi connectivity index (χ1) is 8.18. The Bertz CT molecular complexity index is 445. The SMILES string of the molecule is C[P+](C)(CCc1ccccc1)c1ccccc1. The molecule has 17 heavy (non-hydrogen) atoms. The molecule has 0 aliphatic rings. The number of rotatable bonds is 4. The molecule has 0 bridgehead atoms. The van der Waals surface area contributed by atoms with Gasteiger partial charge in [0.2, 0.25) is 0 Å². The minimum atomic E-state index is -0.960. The van der Waals surface area contributed by atoms with Crippen LogP contribution in [0, 0.1) is 0 Å². The third-order valence-corrected chi connectivity index (χ3v) is 6.30. The van der Waals surface area contributed by atoms with Crippen molar-refractivity contribution in [3.05, 3.63) is 66.2 Å². The van der Waals surface area contributed by atoms with Gasteiger partial charge in [0.1, 0.15) is 0 Å². The van der Waals surface area contributed by atoms with Gasteiger partial charge in [-0.05, 0) is 17.7 Å². The lowest BCUT2D eigenvalue weighted by molar-refractivity contribution is 1.14. The van der Waals surface area contributed by atoms with Crippen molar-refractivity contribution < 1.29 is 0 Å². The second kappa shape index (κ2) is 5.47. The van der Waals surface area contributed by atoms with Crippen LogP contribution < -0.4 is 5.30 Å². The first-order valence-corrected chi connectivity index (χ1v) is 8.98. The summed E-state index contributed by atoms with van der Waals surface area (Å²) < 4.78 is 0.